The van der Waals surface area contributed by atoms with Crippen LogP contribution in [-0.4, -0.2) is 32.7 Å². The number of sulfonamides is 1. The third kappa shape index (κ3) is 5.39. The first-order valence-corrected chi connectivity index (χ1v) is 12.0. The minimum Gasteiger partial charge on any atom is -0.487 e. The third-order valence-electron chi connectivity index (χ3n) is 4.78. The highest BCUT2D eigenvalue weighted by Crippen LogP contribution is 2.40. The Morgan fingerprint density at radius 1 is 1.20 bits per heavy atom. The molecule has 1 heterocycles. The van der Waals surface area contributed by atoms with E-state index in [0.717, 1.165) is 21.7 Å². The average molecular weight is 471 g/mol. The quantitative estimate of drug-likeness (QED) is 0.698. The van der Waals surface area contributed by atoms with Gasteiger partial charge in [-0.1, -0.05) is 40.9 Å². The molecule has 9 heteroatoms. The van der Waals surface area contributed by atoms with E-state index in [1.807, 2.05) is 39.0 Å². The van der Waals surface area contributed by atoms with E-state index in [1.54, 1.807) is 0 Å². The van der Waals surface area contributed by atoms with Gasteiger partial charge in [0.25, 0.3) is 0 Å². The normalized spacial score (nSPS) is 17.6. The lowest BCUT2D eigenvalue weighted by Gasteiger charge is -2.38. The van der Waals surface area contributed by atoms with Crippen molar-refractivity contribution < 1.29 is 17.9 Å². The Morgan fingerprint density at radius 2 is 1.83 bits per heavy atom. The number of amides is 1. The Bertz CT molecular complexity index is 1070. The molecule has 1 N–H and O–H groups in total. The molecule has 0 fully saturated rings. The van der Waals surface area contributed by atoms with E-state index in [2.05, 4.69) is 5.32 Å². The molecule has 0 saturated carbocycles. The number of rotatable bonds is 5. The molecule has 0 spiro atoms. The van der Waals surface area contributed by atoms with Crippen LogP contribution >= 0.6 is 23.2 Å². The average Bonchev–Trinajstić information content (AvgIpc) is 2.58. The topological polar surface area (TPSA) is 75.7 Å². The van der Waals surface area contributed by atoms with Gasteiger partial charge in [-0.25, -0.2) is 8.42 Å². The van der Waals surface area contributed by atoms with Crippen molar-refractivity contribution in [3.63, 3.8) is 0 Å². The number of hydrogen-bond donors (Lipinski definition) is 1. The lowest BCUT2D eigenvalue weighted by molar-refractivity contribution is -0.120. The number of nitrogens with zero attached hydrogens (tertiary/aromatic N) is 1. The first-order valence-electron chi connectivity index (χ1n) is 9.37. The number of carbonyl (C=O) groups is 1. The van der Waals surface area contributed by atoms with Crippen molar-refractivity contribution >= 4 is 44.8 Å². The maximum absolute atomic E-state index is 12.9. The zero-order valence-electron chi connectivity index (χ0n) is 17.2. The molecule has 0 saturated heterocycles. The van der Waals surface area contributed by atoms with E-state index >= 15 is 0 Å². The molecule has 1 atom stereocenters. The van der Waals surface area contributed by atoms with Crippen LogP contribution in [0.25, 0.3) is 0 Å². The van der Waals surface area contributed by atoms with Crippen LogP contribution in [0.1, 0.15) is 37.4 Å². The van der Waals surface area contributed by atoms with Gasteiger partial charge >= 0.3 is 0 Å². The third-order valence-corrected chi connectivity index (χ3v) is 6.36. The van der Waals surface area contributed by atoms with Crippen LogP contribution in [0.3, 0.4) is 0 Å². The van der Waals surface area contributed by atoms with Gasteiger partial charge in [0.1, 0.15) is 17.9 Å². The molecule has 2 aromatic carbocycles. The number of nitrogens with one attached hydrogen (secondary N) is 1. The van der Waals surface area contributed by atoms with Gasteiger partial charge < -0.3 is 10.1 Å². The molecule has 0 radical (unpaired) electrons. The smallest absolute Gasteiger partial charge is 0.241 e. The Kier molecular flexibility index (Phi) is 6.28. The van der Waals surface area contributed by atoms with E-state index < -0.39 is 28.1 Å². The number of hydrogen-bond acceptors (Lipinski definition) is 4. The molecular formula is C21H24Cl2N2O4S. The summed E-state index contributed by atoms with van der Waals surface area (Å²) in [5, 5.41) is 3.53. The van der Waals surface area contributed by atoms with Gasteiger partial charge in [-0.15, -0.1) is 0 Å². The summed E-state index contributed by atoms with van der Waals surface area (Å²) >= 11 is 12.0. The standard InChI is InChI=1S/C21H24Cl2N2O4S/c1-13-5-6-19-17(7-13)18(11-21(2,3)29-19)24-20(26)12-25(30(4,27)28)16-9-14(22)8-15(23)10-16/h5-10,18H,11-12H2,1-4H3,(H,24,26). The van der Waals surface area contributed by atoms with Crippen molar-refractivity contribution in [2.75, 3.05) is 17.1 Å². The molecule has 2 aromatic rings. The molecule has 0 bridgehead atoms. The fourth-order valence-corrected chi connectivity index (χ4v) is 4.91. The number of aryl methyl sites for hydroxylation is 1. The number of fused-ring (bicyclic) bond motifs is 1. The summed E-state index contributed by atoms with van der Waals surface area (Å²) in [5.41, 5.74) is 1.67. The number of benzene rings is 2. The van der Waals surface area contributed by atoms with Gasteiger partial charge in [0.2, 0.25) is 15.9 Å². The number of halogens is 2. The molecule has 30 heavy (non-hydrogen) atoms. The monoisotopic (exact) mass is 470 g/mol. The predicted octanol–water partition coefficient (Wildman–Crippen LogP) is 4.49. The minimum absolute atomic E-state index is 0.230. The molecule has 0 aliphatic carbocycles. The van der Waals surface area contributed by atoms with Crippen LogP contribution in [0.15, 0.2) is 36.4 Å². The van der Waals surface area contributed by atoms with E-state index in [0.29, 0.717) is 12.2 Å². The molecule has 162 valence electrons. The molecule has 1 aliphatic rings. The highest BCUT2D eigenvalue weighted by atomic mass is 35.5. The first-order chi connectivity index (χ1) is 13.8. The van der Waals surface area contributed by atoms with Crippen LogP contribution in [0.4, 0.5) is 5.69 Å². The molecule has 1 unspecified atom stereocenters. The molecule has 3 rings (SSSR count). The van der Waals surface area contributed by atoms with Crippen LogP contribution in [-0.2, 0) is 14.8 Å². The van der Waals surface area contributed by atoms with Crippen LogP contribution in [0, 0.1) is 6.92 Å². The molecule has 1 aliphatic heterocycles. The van der Waals surface area contributed by atoms with Crippen molar-refractivity contribution in [3.8, 4) is 5.75 Å². The van der Waals surface area contributed by atoms with Gasteiger partial charge in [-0.3, -0.25) is 9.10 Å². The van der Waals surface area contributed by atoms with E-state index in [9.17, 15) is 13.2 Å². The SMILES string of the molecule is Cc1ccc2c(c1)C(NC(=O)CN(c1cc(Cl)cc(Cl)c1)S(C)(=O)=O)CC(C)(C)O2. The summed E-state index contributed by atoms with van der Waals surface area (Å²) in [4.78, 5) is 12.9. The van der Waals surface area contributed by atoms with E-state index in [1.165, 1.54) is 18.2 Å². The number of anilines is 1. The van der Waals surface area contributed by atoms with Crippen molar-refractivity contribution in [2.45, 2.75) is 38.8 Å². The van der Waals surface area contributed by atoms with Crippen molar-refractivity contribution in [2.24, 2.45) is 0 Å². The van der Waals surface area contributed by atoms with Crippen LogP contribution in [0.2, 0.25) is 10.0 Å². The van der Waals surface area contributed by atoms with Gasteiger partial charge in [-0.2, -0.15) is 0 Å². The second kappa shape index (κ2) is 8.29. The second-order valence-corrected chi connectivity index (χ2v) is 10.9. The van der Waals surface area contributed by atoms with Gasteiger partial charge in [0.05, 0.1) is 18.0 Å². The molecule has 1 amide bonds. The van der Waals surface area contributed by atoms with Gasteiger partial charge in [0, 0.05) is 22.0 Å². The van der Waals surface area contributed by atoms with Crippen LogP contribution < -0.4 is 14.4 Å². The Labute approximate surface area is 187 Å². The molecule has 6 nitrogen and oxygen atoms in total. The summed E-state index contributed by atoms with van der Waals surface area (Å²) < 4.78 is 31.8. The summed E-state index contributed by atoms with van der Waals surface area (Å²) in [6.07, 6.45) is 1.59. The lowest BCUT2D eigenvalue weighted by Crippen LogP contribution is -2.45. The maximum Gasteiger partial charge on any atom is 0.241 e. The van der Waals surface area contributed by atoms with Crippen LogP contribution in [0.5, 0.6) is 5.75 Å². The van der Waals surface area contributed by atoms with Crippen molar-refractivity contribution in [1.29, 1.82) is 0 Å². The predicted molar refractivity (Wildman–Crippen MR) is 120 cm³/mol. The number of carbonyl (C=O) groups excluding carboxylic acids is 1. The highest BCUT2D eigenvalue weighted by Gasteiger charge is 2.35. The van der Waals surface area contributed by atoms with Crippen molar-refractivity contribution in [3.05, 3.63) is 57.6 Å². The lowest BCUT2D eigenvalue weighted by atomic mass is 9.89. The van der Waals surface area contributed by atoms with E-state index in [-0.39, 0.29) is 21.8 Å². The minimum atomic E-state index is -3.75. The van der Waals surface area contributed by atoms with Crippen molar-refractivity contribution in [1.82, 2.24) is 5.32 Å². The maximum atomic E-state index is 12.9. The summed E-state index contributed by atoms with van der Waals surface area (Å²) in [7, 11) is -3.75. The second-order valence-electron chi connectivity index (χ2n) is 8.12. The zero-order valence-corrected chi connectivity index (χ0v) is 19.5. The fourth-order valence-electron chi connectivity index (χ4n) is 3.56. The summed E-state index contributed by atoms with van der Waals surface area (Å²) in [5.74, 6) is 0.274. The van der Waals surface area contributed by atoms with Gasteiger partial charge in [0.15, 0.2) is 0 Å². The molecular weight excluding hydrogens is 447 g/mol. The zero-order chi connectivity index (χ0) is 22.3. The largest absolute Gasteiger partial charge is 0.487 e. The first kappa shape index (κ1) is 22.7. The Balaban J connectivity index is 1.87. The summed E-state index contributed by atoms with van der Waals surface area (Å²) in [6.45, 7) is 5.47. The fraction of sp³-hybridized carbons (Fsp3) is 0.381. The summed E-state index contributed by atoms with van der Waals surface area (Å²) in [6, 6.07) is 9.92. The molecule has 0 aromatic heterocycles. The number of ether oxygens (including phenoxy) is 1. The Morgan fingerprint density at radius 3 is 2.43 bits per heavy atom. The van der Waals surface area contributed by atoms with Gasteiger partial charge in [-0.05, 0) is 45.0 Å². The Hall–Kier alpha value is -1.96. The van der Waals surface area contributed by atoms with E-state index in [4.69, 9.17) is 27.9 Å². The highest BCUT2D eigenvalue weighted by molar-refractivity contribution is 7.92.